The van der Waals surface area contributed by atoms with E-state index in [1.165, 1.54) is 0 Å². The maximum absolute atomic E-state index is 12.0. The highest BCUT2D eigenvalue weighted by Gasteiger charge is 2.31. The lowest BCUT2D eigenvalue weighted by molar-refractivity contribution is -0.141. The van der Waals surface area contributed by atoms with Gasteiger partial charge in [0.2, 0.25) is 5.91 Å². The van der Waals surface area contributed by atoms with Crippen molar-refractivity contribution in [1.29, 1.82) is 0 Å². The van der Waals surface area contributed by atoms with Crippen molar-refractivity contribution in [3.8, 4) is 0 Å². The molecule has 1 aliphatic rings. The zero-order valence-electron chi connectivity index (χ0n) is 11.7. The van der Waals surface area contributed by atoms with Crippen molar-refractivity contribution in [3.63, 3.8) is 0 Å². The lowest BCUT2D eigenvalue weighted by Gasteiger charge is -2.32. The van der Waals surface area contributed by atoms with Gasteiger partial charge < -0.3 is 15.2 Å². The Bertz CT molecular complexity index is 303. The molecule has 1 atom stereocenters. The highest BCUT2D eigenvalue weighted by Crippen LogP contribution is 2.24. The van der Waals surface area contributed by atoms with E-state index in [-0.39, 0.29) is 18.5 Å². The molecule has 1 aliphatic carbocycles. The Kier molecular flexibility index (Phi) is 6.80. The second kappa shape index (κ2) is 8.12. The number of aliphatic carboxylic acids is 1. The highest BCUT2D eigenvalue weighted by atomic mass is 16.5. The number of carbonyl (C=O) groups excluding carboxylic acids is 1. The van der Waals surface area contributed by atoms with Crippen LogP contribution in [0.5, 0.6) is 0 Å². The van der Waals surface area contributed by atoms with Crippen molar-refractivity contribution >= 4 is 11.9 Å². The minimum absolute atomic E-state index is 0.0798. The van der Waals surface area contributed by atoms with Gasteiger partial charge in [0.25, 0.3) is 0 Å². The number of nitrogens with zero attached hydrogens (tertiary/aromatic N) is 1. The second-order valence-corrected chi connectivity index (χ2v) is 4.96. The summed E-state index contributed by atoms with van der Waals surface area (Å²) in [5.74, 6) is -1.02. The molecule has 1 amide bonds. The molecule has 0 aliphatic heterocycles. The van der Waals surface area contributed by atoms with Crippen LogP contribution in [0.4, 0.5) is 0 Å². The summed E-state index contributed by atoms with van der Waals surface area (Å²) in [4.78, 5) is 24.8. The van der Waals surface area contributed by atoms with Gasteiger partial charge in [0, 0.05) is 19.7 Å². The Morgan fingerprint density at radius 1 is 1.42 bits per heavy atom. The van der Waals surface area contributed by atoms with Gasteiger partial charge in [-0.3, -0.25) is 14.5 Å². The minimum atomic E-state index is -0.886. The first-order chi connectivity index (χ1) is 9.06. The molecule has 0 saturated heterocycles. The Hall–Kier alpha value is -1.14. The van der Waals surface area contributed by atoms with Crippen LogP contribution in [0.3, 0.4) is 0 Å². The van der Waals surface area contributed by atoms with E-state index in [1.807, 2.05) is 0 Å². The van der Waals surface area contributed by atoms with Gasteiger partial charge in [0.15, 0.2) is 0 Å². The molecule has 0 aromatic rings. The quantitative estimate of drug-likeness (QED) is 0.628. The summed E-state index contributed by atoms with van der Waals surface area (Å²) in [7, 11) is 1.57. The summed E-state index contributed by atoms with van der Waals surface area (Å²) in [5.41, 5.74) is 0. The molecule has 110 valence electrons. The smallest absolute Gasteiger partial charge is 0.317 e. The molecule has 0 heterocycles. The largest absolute Gasteiger partial charge is 0.480 e. The van der Waals surface area contributed by atoms with Crippen molar-refractivity contribution in [2.75, 3.05) is 26.8 Å². The molecule has 19 heavy (non-hydrogen) atoms. The first-order valence-electron chi connectivity index (χ1n) is 6.80. The first kappa shape index (κ1) is 15.9. The van der Waals surface area contributed by atoms with Crippen molar-refractivity contribution in [2.45, 2.75) is 44.7 Å². The van der Waals surface area contributed by atoms with E-state index in [9.17, 15) is 9.59 Å². The lowest BCUT2D eigenvalue weighted by atomic mass is 10.1. The van der Waals surface area contributed by atoms with Crippen LogP contribution >= 0.6 is 0 Å². The van der Waals surface area contributed by atoms with Crippen molar-refractivity contribution in [3.05, 3.63) is 0 Å². The van der Waals surface area contributed by atoms with E-state index in [1.54, 1.807) is 18.9 Å². The van der Waals surface area contributed by atoms with Crippen molar-refractivity contribution in [2.24, 2.45) is 0 Å². The fraction of sp³-hybridized carbons (Fsp3) is 0.846. The Labute approximate surface area is 114 Å². The van der Waals surface area contributed by atoms with Gasteiger partial charge in [-0.05, 0) is 19.8 Å². The van der Waals surface area contributed by atoms with E-state index < -0.39 is 12.0 Å². The van der Waals surface area contributed by atoms with Gasteiger partial charge in [0.05, 0.1) is 19.2 Å². The number of nitrogens with one attached hydrogen (secondary N) is 1. The molecule has 1 fully saturated rings. The number of rotatable bonds is 8. The van der Waals surface area contributed by atoms with Gasteiger partial charge in [-0.25, -0.2) is 0 Å². The van der Waals surface area contributed by atoms with Crippen LogP contribution < -0.4 is 5.32 Å². The van der Waals surface area contributed by atoms with Crippen LogP contribution in [-0.4, -0.2) is 60.8 Å². The third-order valence-corrected chi connectivity index (χ3v) is 3.59. The SMILES string of the molecule is COCCNC(=O)C(C)N(CC(=O)O)C1CCCC1. The van der Waals surface area contributed by atoms with Gasteiger partial charge >= 0.3 is 5.97 Å². The van der Waals surface area contributed by atoms with Crippen LogP contribution in [0, 0.1) is 0 Å². The number of hydrogen-bond donors (Lipinski definition) is 2. The van der Waals surface area contributed by atoms with Gasteiger partial charge in [-0.1, -0.05) is 12.8 Å². The van der Waals surface area contributed by atoms with Gasteiger partial charge in [-0.15, -0.1) is 0 Å². The van der Waals surface area contributed by atoms with Crippen LogP contribution in [-0.2, 0) is 14.3 Å². The molecule has 1 unspecified atom stereocenters. The fourth-order valence-electron chi connectivity index (χ4n) is 2.55. The first-order valence-corrected chi connectivity index (χ1v) is 6.80. The van der Waals surface area contributed by atoms with Crippen molar-refractivity contribution in [1.82, 2.24) is 10.2 Å². The number of carboxylic acid groups (broad SMARTS) is 1. The molecular formula is C13H24N2O4. The molecule has 6 nitrogen and oxygen atoms in total. The predicted octanol–water partition coefficient (Wildman–Crippen LogP) is 0.467. The predicted molar refractivity (Wildman–Crippen MR) is 70.9 cm³/mol. The van der Waals surface area contributed by atoms with E-state index >= 15 is 0 Å². The Balaban J connectivity index is 2.56. The minimum Gasteiger partial charge on any atom is -0.480 e. The Morgan fingerprint density at radius 3 is 2.58 bits per heavy atom. The van der Waals surface area contributed by atoms with E-state index in [4.69, 9.17) is 9.84 Å². The second-order valence-electron chi connectivity index (χ2n) is 4.96. The van der Waals surface area contributed by atoms with E-state index in [0.29, 0.717) is 13.2 Å². The number of carboxylic acids is 1. The molecule has 0 aromatic carbocycles. The molecule has 1 saturated carbocycles. The van der Waals surface area contributed by atoms with Gasteiger partial charge in [0.1, 0.15) is 0 Å². The maximum atomic E-state index is 12.0. The average Bonchev–Trinajstić information content (AvgIpc) is 2.88. The normalized spacial score (nSPS) is 17.6. The number of carbonyl (C=O) groups is 2. The van der Waals surface area contributed by atoms with Crippen LogP contribution in [0.15, 0.2) is 0 Å². The molecule has 0 bridgehead atoms. The summed E-state index contributed by atoms with van der Waals surface area (Å²) in [6.07, 6.45) is 4.17. The summed E-state index contributed by atoms with van der Waals surface area (Å²) in [6, 6.07) is -0.213. The van der Waals surface area contributed by atoms with Crippen molar-refractivity contribution < 1.29 is 19.4 Å². The fourth-order valence-corrected chi connectivity index (χ4v) is 2.55. The molecule has 0 radical (unpaired) electrons. The van der Waals surface area contributed by atoms with E-state index in [0.717, 1.165) is 25.7 Å². The molecule has 0 spiro atoms. The lowest BCUT2D eigenvalue weighted by Crippen LogP contribution is -2.51. The number of ether oxygens (including phenoxy) is 1. The van der Waals surface area contributed by atoms with Gasteiger partial charge in [-0.2, -0.15) is 0 Å². The summed E-state index contributed by atoms with van der Waals surface area (Å²) >= 11 is 0. The third kappa shape index (κ3) is 5.16. The highest BCUT2D eigenvalue weighted by molar-refractivity contribution is 5.82. The molecule has 0 aromatic heterocycles. The summed E-state index contributed by atoms with van der Waals surface area (Å²) in [6.45, 7) is 2.60. The van der Waals surface area contributed by atoms with E-state index in [2.05, 4.69) is 5.32 Å². The zero-order valence-corrected chi connectivity index (χ0v) is 11.7. The summed E-state index contributed by atoms with van der Waals surface area (Å²) < 4.78 is 4.87. The zero-order chi connectivity index (χ0) is 14.3. The van der Waals surface area contributed by atoms with Crippen LogP contribution in [0.25, 0.3) is 0 Å². The van der Waals surface area contributed by atoms with Crippen LogP contribution in [0.2, 0.25) is 0 Å². The maximum Gasteiger partial charge on any atom is 0.317 e. The number of methoxy groups -OCH3 is 1. The number of hydrogen-bond acceptors (Lipinski definition) is 4. The summed E-state index contributed by atoms with van der Waals surface area (Å²) in [5, 5.41) is 11.8. The molecule has 6 heteroatoms. The molecular weight excluding hydrogens is 248 g/mol. The molecule has 2 N–H and O–H groups in total. The standard InChI is InChI=1S/C13H24N2O4/c1-10(13(18)14-7-8-19-2)15(9-12(16)17)11-5-3-4-6-11/h10-11H,3-9H2,1-2H3,(H,14,18)(H,16,17). The van der Waals surface area contributed by atoms with Crippen LogP contribution in [0.1, 0.15) is 32.6 Å². The Morgan fingerprint density at radius 2 is 2.05 bits per heavy atom. The monoisotopic (exact) mass is 272 g/mol. The average molecular weight is 272 g/mol. The molecule has 1 rings (SSSR count). The third-order valence-electron chi connectivity index (χ3n) is 3.59. The number of amides is 1. The topological polar surface area (TPSA) is 78.9 Å².